The highest BCUT2D eigenvalue weighted by molar-refractivity contribution is 5.71. The highest BCUT2D eigenvalue weighted by Gasteiger charge is 2.34. The van der Waals surface area contributed by atoms with Crippen molar-refractivity contribution in [1.29, 1.82) is 0 Å². The normalized spacial score (nSPS) is 11.2. The molecule has 2 rings (SSSR count). The summed E-state index contributed by atoms with van der Waals surface area (Å²) < 4.78 is 42.5. The summed E-state index contributed by atoms with van der Waals surface area (Å²) in [6, 6.07) is 4.40. The minimum atomic E-state index is -4.60. The number of halogens is 3. The first-order valence-electron chi connectivity index (χ1n) is 5.37. The van der Waals surface area contributed by atoms with Gasteiger partial charge in [-0.1, -0.05) is 12.1 Å². The molecule has 20 heavy (non-hydrogen) atoms. The van der Waals surface area contributed by atoms with Crippen molar-refractivity contribution in [2.75, 3.05) is 0 Å². The van der Waals surface area contributed by atoms with Crippen LogP contribution in [-0.4, -0.2) is 11.0 Å². The third-order valence-corrected chi connectivity index (χ3v) is 2.23. The number of hydrogen-bond acceptors (Lipinski definition) is 5. The number of carbonyl (C=O) groups excluding carboxylic acids is 1. The fourth-order valence-corrected chi connectivity index (χ4v) is 1.37. The summed E-state index contributed by atoms with van der Waals surface area (Å²) in [5.74, 6) is -1.48. The van der Waals surface area contributed by atoms with Gasteiger partial charge in [0, 0.05) is 0 Å². The third-order valence-electron chi connectivity index (χ3n) is 2.23. The van der Waals surface area contributed by atoms with E-state index >= 15 is 0 Å². The number of alkyl halides is 3. The van der Waals surface area contributed by atoms with Crippen molar-refractivity contribution in [1.82, 2.24) is 4.98 Å². The molecule has 0 aliphatic carbocycles. The van der Waals surface area contributed by atoms with Crippen LogP contribution in [0.4, 0.5) is 13.2 Å². The number of carbonyl (C=O) groups is 1. The first-order chi connectivity index (χ1) is 9.47. The van der Waals surface area contributed by atoms with Crippen LogP contribution in [0.2, 0.25) is 0 Å². The van der Waals surface area contributed by atoms with Gasteiger partial charge in [0.15, 0.2) is 12.1 Å². The lowest BCUT2D eigenvalue weighted by Gasteiger charge is -2.11. The molecule has 5 nitrogen and oxygen atoms in total. The van der Waals surface area contributed by atoms with Crippen LogP contribution in [-0.2, 0) is 22.3 Å². The SMILES string of the molecule is O=C(Cc1cocn1)OOc1ccccc1C(F)(F)F. The summed E-state index contributed by atoms with van der Waals surface area (Å²) >= 11 is 0. The Labute approximate surface area is 110 Å². The predicted molar refractivity (Wildman–Crippen MR) is 58.4 cm³/mol. The molecule has 8 heteroatoms. The van der Waals surface area contributed by atoms with Crippen LogP contribution in [0.15, 0.2) is 41.3 Å². The van der Waals surface area contributed by atoms with Crippen LogP contribution in [0, 0.1) is 0 Å². The largest absolute Gasteiger partial charge is 0.451 e. The van der Waals surface area contributed by atoms with E-state index in [4.69, 9.17) is 0 Å². The standard InChI is InChI=1S/C12H8F3NO4/c13-12(14,15)9-3-1-2-4-10(9)19-20-11(17)5-8-6-18-7-16-8/h1-4,6-7H,5H2. The van der Waals surface area contributed by atoms with E-state index in [0.717, 1.165) is 18.5 Å². The maximum atomic E-state index is 12.6. The fourth-order valence-electron chi connectivity index (χ4n) is 1.37. The van der Waals surface area contributed by atoms with Gasteiger partial charge in [-0.05, 0) is 12.1 Å². The molecular formula is C12H8F3NO4. The Morgan fingerprint density at radius 3 is 2.70 bits per heavy atom. The Balaban J connectivity index is 1.99. The average Bonchev–Trinajstić information content (AvgIpc) is 2.88. The number of aromatic nitrogens is 1. The number of nitrogens with zero attached hydrogens (tertiary/aromatic N) is 1. The molecule has 2 aromatic rings. The molecule has 0 atom stereocenters. The first kappa shape index (κ1) is 13.9. The first-order valence-corrected chi connectivity index (χ1v) is 5.37. The van der Waals surface area contributed by atoms with Crippen molar-refractivity contribution >= 4 is 5.97 Å². The third kappa shape index (κ3) is 3.50. The van der Waals surface area contributed by atoms with E-state index in [1.807, 2.05) is 0 Å². The molecule has 0 saturated heterocycles. The van der Waals surface area contributed by atoms with Crippen LogP contribution in [0.3, 0.4) is 0 Å². The van der Waals surface area contributed by atoms with Crippen molar-refractivity contribution in [3.05, 3.63) is 48.2 Å². The van der Waals surface area contributed by atoms with E-state index in [-0.39, 0.29) is 12.1 Å². The molecule has 0 saturated carbocycles. The predicted octanol–water partition coefficient (Wildman–Crippen LogP) is 2.77. The summed E-state index contributed by atoms with van der Waals surface area (Å²) in [5.41, 5.74) is -0.753. The van der Waals surface area contributed by atoms with Gasteiger partial charge >= 0.3 is 12.1 Å². The molecule has 106 valence electrons. The van der Waals surface area contributed by atoms with Gasteiger partial charge in [0.2, 0.25) is 0 Å². The van der Waals surface area contributed by atoms with Crippen molar-refractivity contribution < 1.29 is 32.2 Å². The van der Waals surface area contributed by atoms with Gasteiger partial charge in [0.05, 0.1) is 12.1 Å². The molecule has 0 amide bonds. The fraction of sp³-hybridized carbons (Fsp3) is 0.167. The lowest BCUT2D eigenvalue weighted by Crippen LogP contribution is -2.14. The summed E-state index contributed by atoms with van der Waals surface area (Å²) in [7, 11) is 0. The Bertz CT molecular complexity index is 581. The lowest BCUT2D eigenvalue weighted by molar-refractivity contribution is -0.216. The molecule has 0 fully saturated rings. The number of hydrogen-bond donors (Lipinski definition) is 0. The van der Waals surface area contributed by atoms with E-state index in [1.54, 1.807) is 0 Å². The maximum absolute atomic E-state index is 12.6. The molecule has 0 bridgehead atoms. The minimum absolute atomic E-state index is 0.273. The molecule has 0 N–H and O–H groups in total. The zero-order valence-corrected chi connectivity index (χ0v) is 9.89. The molecule has 0 aliphatic heterocycles. The van der Waals surface area contributed by atoms with Gasteiger partial charge in [-0.3, -0.25) is 4.89 Å². The van der Waals surface area contributed by atoms with Gasteiger partial charge in [-0.25, -0.2) is 14.7 Å². The van der Waals surface area contributed by atoms with E-state index in [9.17, 15) is 18.0 Å². The second-order valence-electron chi connectivity index (χ2n) is 3.69. The van der Waals surface area contributed by atoms with Crippen LogP contribution in [0.25, 0.3) is 0 Å². The number of rotatable bonds is 4. The van der Waals surface area contributed by atoms with Gasteiger partial charge in [0.25, 0.3) is 0 Å². The van der Waals surface area contributed by atoms with Crippen molar-refractivity contribution in [2.45, 2.75) is 12.6 Å². The molecule has 0 spiro atoms. The molecule has 1 aromatic heterocycles. The Hall–Kier alpha value is -2.51. The summed E-state index contributed by atoms with van der Waals surface area (Å²) in [6.07, 6.45) is -2.55. The van der Waals surface area contributed by atoms with E-state index in [0.29, 0.717) is 0 Å². The molecule has 0 radical (unpaired) electrons. The summed E-state index contributed by atoms with van der Waals surface area (Å²) in [6.45, 7) is 0. The summed E-state index contributed by atoms with van der Waals surface area (Å²) in [5, 5.41) is 0. The van der Waals surface area contributed by atoms with Gasteiger partial charge < -0.3 is 4.42 Å². The Morgan fingerprint density at radius 1 is 1.30 bits per heavy atom. The van der Waals surface area contributed by atoms with Crippen LogP contribution in [0.1, 0.15) is 11.3 Å². The minimum Gasteiger partial charge on any atom is -0.451 e. The molecule has 1 heterocycles. The number of benzene rings is 1. The van der Waals surface area contributed by atoms with E-state index in [2.05, 4.69) is 19.2 Å². The summed E-state index contributed by atoms with van der Waals surface area (Å²) in [4.78, 5) is 23.8. The lowest BCUT2D eigenvalue weighted by atomic mass is 10.2. The van der Waals surface area contributed by atoms with Crippen molar-refractivity contribution in [3.8, 4) is 5.75 Å². The maximum Gasteiger partial charge on any atom is 0.420 e. The second-order valence-corrected chi connectivity index (χ2v) is 3.69. The molecule has 0 unspecified atom stereocenters. The highest BCUT2D eigenvalue weighted by Crippen LogP contribution is 2.35. The molecular weight excluding hydrogens is 279 g/mol. The second kappa shape index (κ2) is 5.64. The van der Waals surface area contributed by atoms with E-state index in [1.165, 1.54) is 18.4 Å². The van der Waals surface area contributed by atoms with Gasteiger partial charge in [-0.2, -0.15) is 13.2 Å². The zero-order chi connectivity index (χ0) is 14.6. The molecule has 1 aromatic carbocycles. The van der Waals surface area contributed by atoms with Crippen molar-refractivity contribution in [2.24, 2.45) is 0 Å². The Kier molecular flexibility index (Phi) is 3.92. The average molecular weight is 287 g/mol. The van der Waals surface area contributed by atoms with Crippen molar-refractivity contribution in [3.63, 3.8) is 0 Å². The topological polar surface area (TPSA) is 61.6 Å². The molecule has 0 aliphatic rings. The van der Waals surface area contributed by atoms with E-state index < -0.39 is 23.5 Å². The number of oxazole rings is 1. The number of para-hydroxylation sites is 1. The van der Waals surface area contributed by atoms with Gasteiger partial charge in [-0.15, -0.1) is 0 Å². The monoisotopic (exact) mass is 287 g/mol. The quantitative estimate of drug-likeness (QED) is 0.639. The Morgan fingerprint density at radius 2 is 2.05 bits per heavy atom. The van der Waals surface area contributed by atoms with Crippen LogP contribution < -0.4 is 4.89 Å². The van der Waals surface area contributed by atoms with Crippen LogP contribution in [0.5, 0.6) is 5.75 Å². The highest BCUT2D eigenvalue weighted by atomic mass is 19.4. The van der Waals surface area contributed by atoms with Gasteiger partial charge in [0.1, 0.15) is 11.8 Å². The smallest absolute Gasteiger partial charge is 0.420 e. The van der Waals surface area contributed by atoms with Crippen LogP contribution >= 0.6 is 0 Å². The zero-order valence-electron chi connectivity index (χ0n) is 9.89.